The molecule has 1 heterocycles. The van der Waals surface area contributed by atoms with Crippen molar-refractivity contribution in [1.29, 1.82) is 0 Å². The summed E-state index contributed by atoms with van der Waals surface area (Å²) >= 11 is 12.3. The Hall–Kier alpha value is -1.84. The first-order valence-electron chi connectivity index (χ1n) is 10.8. The number of rotatable bonds is 9. The Labute approximate surface area is 205 Å². The first kappa shape index (κ1) is 25.8. The molecule has 1 saturated heterocycles. The molecule has 10 heteroatoms. The fraction of sp³-hybridized carbons (Fsp3) is 0.435. The molecule has 1 aliphatic heterocycles. The summed E-state index contributed by atoms with van der Waals surface area (Å²) in [5, 5.41) is 3.41. The average molecular weight is 514 g/mol. The average Bonchev–Trinajstić information content (AvgIpc) is 2.78. The number of halogens is 2. The number of amides is 1. The summed E-state index contributed by atoms with van der Waals surface area (Å²) in [6.07, 6.45) is 1.31. The van der Waals surface area contributed by atoms with Crippen molar-refractivity contribution in [2.45, 2.75) is 32.5 Å². The number of ether oxygens (including phenoxy) is 1. The van der Waals surface area contributed by atoms with Gasteiger partial charge in [-0.2, -0.15) is 0 Å². The molecule has 0 radical (unpaired) electrons. The van der Waals surface area contributed by atoms with E-state index in [4.69, 9.17) is 27.9 Å². The van der Waals surface area contributed by atoms with Gasteiger partial charge in [-0.1, -0.05) is 54.4 Å². The zero-order valence-corrected chi connectivity index (χ0v) is 21.1. The van der Waals surface area contributed by atoms with Crippen LogP contribution in [0.15, 0.2) is 42.5 Å². The number of morpholine rings is 1. The highest BCUT2D eigenvalue weighted by molar-refractivity contribution is 7.92. The summed E-state index contributed by atoms with van der Waals surface area (Å²) in [7, 11) is -3.81. The lowest BCUT2D eigenvalue weighted by atomic mass is 10.1. The van der Waals surface area contributed by atoms with Crippen molar-refractivity contribution in [3.05, 3.63) is 63.6 Å². The minimum atomic E-state index is -3.81. The molecule has 0 saturated carbocycles. The fourth-order valence-corrected chi connectivity index (χ4v) is 5.49. The zero-order chi connectivity index (χ0) is 24.0. The third-order valence-corrected chi connectivity index (χ3v) is 7.16. The van der Waals surface area contributed by atoms with Crippen LogP contribution in [0, 0.1) is 0 Å². The van der Waals surface area contributed by atoms with Crippen molar-refractivity contribution in [3.8, 4) is 0 Å². The number of nitrogens with zero attached hydrogens (tertiary/aromatic N) is 2. The van der Waals surface area contributed by atoms with Gasteiger partial charge in [0, 0.05) is 31.2 Å². The van der Waals surface area contributed by atoms with Crippen LogP contribution in [0.1, 0.15) is 24.5 Å². The Bertz CT molecular complexity index is 1080. The van der Waals surface area contributed by atoms with Gasteiger partial charge >= 0.3 is 0 Å². The number of carbonyl (C=O) groups is 1. The van der Waals surface area contributed by atoms with Crippen molar-refractivity contribution < 1.29 is 17.9 Å². The third kappa shape index (κ3) is 7.07. The molecule has 33 heavy (non-hydrogen) atoms. The number of nitrogens with one attached hydrogen (secondary N) is 1. The molecule has 0 aromatic heterocycles. The van der Waals surface area contributed by atoms with Crippen LogP contribution in [0.5, 0.6) is 0 Å². The van der Waals surface area contributed by atoms with E-state index in [1.807, 2.05) is 12.1 Å². The zero-order valence-electron chi connectivity index (χ0n) is 18.8. The van der Waals surface area contributed by atoms with Crippen LogP contribution >= 0.6 is 23.2 Å². The lowest BCUT2D eigenvalue weighted by Gasteiger charge is -2.31. The Morgan fingerprint density at radius 3 is 2.52 bits per heavy atom. The summed E-state index contributed by atoms with van der Waals surface area (Å²) in [6, 6.07) is 11.6. The van der Waals surface area contributed by atoms with Crippen LogP contribution in [0.3, 0.4) is 0 Å². The fourth-order valence-electron chi connectivity index (χ4n) is 3.85. The predicted octanol–water partition coefficient (Wildman–Crippen LogP) is 3.69. The van der Waals surface area contributed by atoms with E-state index in [9.17, 15) is 13.2 Å². The van der Waals surface area contributed by atoms with Gasteiger partial charge < -0.3 is 10.1 Å². The molecule has 1 amide bonds. The summed E-state index contributed by atoms with van der Waals surface area (Å²) in [6.45, 7) is 6.12. The molecular weight excluding hydrogens is 485 g/mol. The van der Waals surface area contributed by atoms with Crippen molar-refractivity contribution in [2.24, 2.45) is 0 Å². The van der Waals surface area contributed by atoms with Crippen molar-refractivity contribution in [1.82, 2.24) is 10.2 Å². The number of anilines is 1. The number of hydrogen-bond acceptors (Lipinski definition) is 5. The summed E-state index contributed by atoms with van der Waals surface area (Å²) in [5.74, 6) is -0.405. The van der Waals surface area contributed by atoms with E-state index in [0.29, 0.717) is 5.02 Å². The maximum absolute atomic E-state index is 13.1. The van der Waals surface area contributed by atoms with Crippen LogP contribution < -0.4 is 9.62 Å². The monoisotopic (exact) mass is 513 g/mol. The van der Waals surface area contributed by atoms with Crippen LogP contribution in [0.25, 0.3) is 0 Å². The van der Waals surface area contributed by atoms with E-state index in [2.05, 4.69) is 22.3 Å². The standard InChI is InChI=1S/C23H29Cl2N3O4S/c1-3-21(28(33(2,30)31)22-14-19(24)7-8-20(22)25)23(29)26-15-17-5-4-6-18(13-17)16-27-9-11-32-12-10-27/h4-8,13-14,21H,3,9-12,15-16H2,1-2H3,(H,26,29)/t21-/m1/s1. The van der Waals surface area contributed by atoms with Crippen LogP contribution in [0.2, 0.25) is 10.0 Å². The number of hydrogen-bond donors (Lipinski definition) is 1. The van der Waals surface area contributed by atoms with Crippen LogP contribution in [-0.2, 0) is 32.6 Å². The van der Waals surface area contributed by atoms with Gasteiger partial charge in [0.25, 0.3) is 0 Å². The smallest absolute Gasteiger partial charge is 0.244 e. The molecule has 1 fully saturated rings. The van der Waals surface area contributed by atoms with Crippen LogP contribution in [0.4, 0.5) is 5.69 Å². The van der Waals surface area contributed by atoms with Gasteiger partial charge in [0.1, 0.15) is 6.04 Å². The molecule has 2 aromatic carbocycles. The van der Waals surface area contributed by atoms with E-state index in [1.54, 1.807) is 13.0 Å². The number of sulfonamides is 1. The minimum Gasteiger partial charge on any atom is -0.379 e. The molecule has 180 valence electrons. The highest BCUT2D eigenvalue weighted by Gasteiger charge is 2.32. The van der Waals surface area contributed by atoms with Gasteiger partial charge in [-0.25, -0.2) is 8.42 Å². The Morgan fingerprint density at radius 2 is 1.85 bits per heavy atom. The highest BCUT2D eigenvalue weighted by Crippen LogP contribution is 2.33. The van der Waals surface area contributed by atoms with E-state index < -0.39 is 22.0 Å². The molecule has 7 nitrogen and oxygen atoms in total. The molecule has 0 unspecified atom stereocenters. The highest BCUT2D eigenvalue weighted by atomic mass is 35.5. The molecule has 0 aliphatic carbocycles. The lowest BCUT2D eigenvalue weighted by molar-refractivity contribution is -0.122. The second-order valence-corrected chi connectivity index (χ2v) is 10.7. The van der Waals surface area contributed by atoms with Gasteiger partial charge in [0.05, 0.1) is 30.2 Å². The maximum Gasteiger partial charge on any atom is 0.244 e. The quantitative estimate of drug-likeness (QED) is 0.553. The van der Waals surface area contributed by atoms with Gasteiger partial charge in [0.2, 0.25) is 15.9 Å². The second kappa shape index (κ2) is 11.5. The van der Waals surface area contributed by atoms with Crippen molar-refractivity contribution in [3.63, 3.8) is 0 Å². The summed E-state index contributed by atoms with van der Waals surface area (Å²) < 4.78 is 31.7. The maximum atomic E-state index is 13.1. The van der Waals surface area contributed by atoms with Crippen molar-refractivity contribution >= 4 is 44.8 Å². The second-order valence-electron chi connectivity index (χ2n) is 8.00. The lowest BCUT2D eigenvalue weighted by Crippen LogP contribution is -2.49. The predicted molar refractivity (Wildman–Crippen MR) is 132 cm³/mol. The van der Waals surface area contributed by atoms with E-state index in [-0.39, 0.29) is 23.7 Å². The molecule has 1 atom stereocenters. The topological polar surface area (TPSA) is 79.0 Å². The molecular formula is C23H29Cl2N3O4S. The molecule has 0 bridgehead atoms. The van der Waals surface area contributed by atoms with E-state index in [0.717, 1.165) is 54.5 Å². The first-order valence-corrected chi connectivity index (χ1v) is 13.4. The molecule has 0 spiro atoms. The molecule has 1 N–H and O–H groups in total. The minimum absolute atomic E-state index is 0.182. The SMILES string of the molecule is CC[C@H](C(=O)NCc1cccc(CN2CCOCC2)c1)N(c1cc(Cl)ccc1Cl)S(C)(=O)=O. The number of benzene rings is 2. The van der Waals surface area contributed by atoms with Gasteiger partial charge in [-0.3, -0.25) is 14.0 Å². The van der Waals surface area contributed by atoms with Crippen molar-refractivity contribution in [2.75, 3.05) is 36.9 Å². The summed E-state index contributed by atoms with van der Waals surface area (Å²) in [4.78, 5) is 15.4. The Balaban J connectivity index is 1.73. The van der Waals surface area contributed by atoms with Gasteiger partial charge in [-0.05, 0) is 35.7 Å². The largest absolute Gasteiger partial charge is 0.379 e. The first-order chi connectivity index (χ1) is 15.7. The molecule has 1 aliphatic rings. The van der Waals surface area contributed by atoms with E-state index in [1.165, 1.54) is 12.1 Å². The summed E-state index contributed by atoms with van der Waals surface area (Å²) in [5.41, 5.74) is 2.27. The Morgan fingerprint density at radius 1 is 1.15 bits per heavy atom. The third-order valence-electron chi connectivity index (χ3n) is 5.44. The number of carbonyl (C=O) groups excluding carboxylic acids is 1. The van der Waals surface area contributed by atoms with E-state index >= 15 is 0 Å². The van der Waals surface area contributed by atoms with Gasteiger partial charge in [-0.15, -0.1) is 0 Å². The van der Waals surface area contributed by atoms with Crippen LogP contribution in [-0.4, -0.2) is 57.8 Å². The van der Waals surface area contributed by atoms with Gasteiger partial charge in [0.15, 0.2) is 0 Å². The Kier molecular flexibility index (Phi) is 9.01. The normalized spacial score (nSPS) is 15.8. The molecule has 3 rings (SSSR count). The molecule has 2 aromatic rings.